The minimum Gasteiger partial charge on any atom is -0.377 e. The molecule has 1 aliphatic heterocycles. The Morgan fingerprint density at radius 1 is 1.29 bits per heavy atom. The van der Waals surface area contributed by atoms with Crippen LogP contribution in [0.3, 0.4) is 0 Å². The van der Waals surface area contributed by atoms with Crippen molar-refractivity contribution >= 4 is 28.4 Å². The van der Waals surface area contributed by atoms with Crippen molar-refractivity contribution in [3.8, 4) is 11.8 Å². The summed E-state index contributed by atoms with van der Waals surface area (Å²) in [6.45, 7) is 2.78. The number of ether oxygens (including phenoxy) is 1. The molecule has 1 aliphatic carbocycles. The number of anilines is 2. The zero-order chi connectivity index (χ0) is 24.0. The fraction of sp³-hybridized carbons (Fsp3) is 0.409. The highest BCUT2D eigenvalue weighted by Crippen LogP contribution is 2.38. The van der Waals surface area contributed by atoms with Crippen molar-refractivity contribution in [3.05, 3.63) is 35.3 Å². The van der Waals surface area contributed by atoms with Crippen LogP contribution in [0, 0.1) is 30.6 Å². The number of carbonyl (C=O) groups is 1. The van der Waals surface area contributed by atoms with Gasteiger partial charge in [-0.3, -0.25) is 9.48 Å². The molecule has 2 fully saturated rings. The lowest BCUT2D eigenvalue weighted by molar-refractivity contribution is -0.117. The zero-order valence-electron chi connectivity index (χ0n) is 20.1. The van der Waals surface area contributed by atoms with E-state index in [0.29, 0.717) is 30.1 Å². The summed E-state index contributed by atoms with van der Waals surface area (Å²) in [5, 5.41) is 18.3. The normalized spacial score (nSPS) is 21.8. The molecule has 9 heteroatoms. The van der Waals surface area contributed by atoms with E-state index in [4.69, 9.17) is 8.85 Å². The molecule has 0 aromatic carbocycles. The van der Waals surface area contributed by atoms with Gasteiger partial charge in [0.05, 0.1) is 42.3 Å². The summed E-state index contributed by atoms with van der Waals surface area (Å²) >= 11 is 0. The highest BCUT2D eigenvalue weighted by atomic mass is 16.5. The molecule has 2 aliphatic rings. The molecule has 2 N–H and O–H groups in total. The number of hydrogen-bond acceptors (Lipinski definition) is 7. The molecule has 2 atom stereocenters. The third-order valence-electron chi connectivity index (χ3n) is 5.79. The predicted molar refractivity (Wildman–Crippen MR) is 116 cm³/mol. The number of hydrogen-bond donors (Lipinski definition) is 2. The highest BCUT2D eigenvalue weighted by Gasteiger charge is 2.39. The van der Waals surface area contributed by atoms with Gasteiger partial charge in [-0.2, -0.15) is 5.10 Å². The smallest absolute Gasteiger partial charge is 0.228 e. The summed E-state index contributed by atoms with van der Waals surface area (Å²) in [6, 6.07) is 1.87. The van der Waals surface area contributed by atoms with Crippen molar-refractivity contribution < 1.29 is 13.6 Å². The minimum absolute atomic E-state index is 0.0254. The van der Waals surface area contributed by atoms with E-state index in [9.17, 15) is 4.79 Å². The average molecular weight is 420 g/mol. The van der Waals surface area contributed by atoms with E-state index < -0.39 is 6.98 Å². The molecule has 3 aromatic rings. The Morgan fingerprint density at radius 3 is 2.81 bits per heavy atom. The predicted octanol–water partition coefficient (Wildman–Crippen LogP) is 2.14. The van der Waals surface area contributed by atoms with Gasteiger partial charge in [-0.15, -0.1) is 10.2 Å². The van der Waals surface area contributed by atoms with Gasteiger partial charge >= 0.3 is 0 Å². The molecular weight excluding hydrogens is 394 g/mol. The molecule has 5 rings (SSSR count). The van der Waals surface area contributed by atoms with Gasteiger partial charge in [0.1, 0.15) is 5.52 Å². The monoisotopic (exact) mass is 420 g/mol. The second-order valence-electron chi connectivity index (χ2n) is 7.98. The van der Waals surface area contributed by atoms with Crippen LogP contribution in [-0.2, 0) is 9.53 Å². The van der Waals surface area contributed by atoms with Gasteiger partial charge in [-0.1, -0.05) is 18.8 Å². The Kier molecular flexibility index (Phi) is 3.99. The van der Waals surface area contributed by atoms with E-state index in [1.807, 2.05) is 18.5 Å². The van der Waals surface area contributed by atoms with E-state index in [2.05, 4.69) is 42.8 Å². The number of nitrogens with zero attached hydrogens (tertiary/aromatic N) is 5. The summed E-state index contributed by atoms with van der Waals surface area (Å²) in [4.78, 5) is 16.6. The van der Waals surface area contributed by atoms with E-state index in [-0.39, 0.29) is 35.0 Å². The molecule has 0 radical (unpaired) electrons. The van der Waals surface area contributed by atoms with Gasteiger partial charge in [0.2, 0.25) is 5.91 Å². The van der Waals surface area contributed by atoms with Crippen molar-refractivity contribution in [2.24, 2.45) is 11.8 Å². The molecular formula is C22H23N7O2. The van der Waals surface area contributed by atoms with Crippen LogP contribution >= 0.6 is 0 Å². The fourth-order valence-corrected chi connectivity index (χ4v) is 3.60. The number of rotatable bonds is 4. The van der Waals surface area contributed by atoms with Gasteiger partial charge in [-0.05, 0) is 25.3 Å². The lowest BCUT2D eigenvalue weighted by atomic mass is 10.1. The van der Waals surface area contributed by atoms with Crippen molar-refractivity contribution in [3.63, 3.8) is 0 Å². The van der Waals surface area contributed by atoms with Crippen molar-refractivity contribution in [1.29, 1.82) is 0 Å². The second kappa shape index (κ2) is 7.63. The van der Waals surface area contributed by atoms with Gasteiger partial charge in [0.15, 0.2) is 11.6 Å². The van der Waals surface area contributed by atoms with E-state index in [1.54, 1.807) is 12.3 Å². The van der Waals surface area contributed by atoms with Crippen LogP contribution in [0.15, 0.2) is 18.5 Å². The molecule has 1 saturated carbocycles. The summed E-state index contributed by atoms with van der Waals surface area (Å²) in [5.41, 5.74) is 2.48. The Hall–Kier alpha value is -3.51. The largest absolute Gasteiger partial charge is 0.377 e. The molecule has 0 spiro atoms. The minimum atomic E-state index is -2.46. The first-order chi connectivity index (χ1) is 16.2. The van der Waals surface area contributed by atoms with Crippen LogP contribution in [0.2, 0.25) is 0 Å². The lowest BCUT2D eigenvalue weighted by Gasteiger charge is -2.27. The highest BCUT2D eigenvalue weighted by molar-refractivity contribution is 5.97. The summed E-state index contributed by atoms with van der Waals surface area (Å²) in [6.07, 6.45) is 4.04. The Labute approximate surface area is 183 Å². The molecule has 0 unspecified atom stereocenters. The van der Waals surface area contributed by atoms with Crippen LogP contribution < -0.4 is 10.6 Å². The van der Waals surface area contributed by atoms with Crippen LogP contribution in [0.5, 0.6) is 0 Å². The van der Waals surface area contributed by atoms with Gasteiger partial charge in [0.25, 0.3) is 0 Å². The summed E-state index contributed by atoms with van der Waals surface area (Å²) in [7, 11) is 0. The number of fused-ring (bicyclic) bond motifs is 1. The van der Waals surface area contributed by atoms with E-state index in [0.717, 1.165) is 17.7 Å². The van der Waals surface area contributed by atoms with Gasteiger partial charge in [0, 0.05) is 28.6 Å². The molecule has 1 saturated heterocycles. The maximum absolute atomic E-state index is 12.4. The van der Waals surface area contributed by atoms with Gasteiger partial charge < -0.3 is 15.4 Å². The molecule has 31 heavy (non-hydrogen) atoms. The third-order valence-corrected chi connectivity index (χ3v) is 5.79. The first kappa shape index (κ1) is 16.2. The maximum atomic E-state index is 12.4. The number of amides is 1. The summed E-state index contributed by atoms with van der Waals surface area (Å²) in [5.74, 6) is 6.79. The maximum Gasteiger partial charge on any atom is 0.228 e. The molecule has 0 bridgehead atoms. The van der Waals surface area contributed by atoms with Crippen LogP contribution in [0.4, 0.5) is 11.6 Å². The van der Waals surface area contributed by atoms with E-state index in [1.165, 1.54) is 6.20 Å². The first-order valence-electron chi connectivity index (χ1n) is 11.6. The number of pyridine rings is 1. The summed E-state index contributed by atoms with van der Waals surface area (Å²) < 4.78 is 29.7. The second-order valence-corrected chi connectivity index (χ2v) is 7.98. The molecule has 9 nitrogen and oxygen atoms in total. The topological polar surface area (TPSA) is 107 Å². The fourth-order valence-electron chi connectivity index (χ4n) is 3.60. The number of nitrogens with one attached hydrogen (secondary N) is 2. The Bertz CT molecular complexity index is 1340. The Balaban J connectivity index is 1.52. The van der Waals surface area contributed by atoms with Crippen LogP contribution in [0.1, 0.15) is 40.3 Å². The van der Waals surface area contributed by atoms with Crippen molar-refractivity contribution in [1.82, 2.24) is 25.0 Å². The van der Waals surface area contributed by atoms with Crippen molar-refractivity contribution in [2.45, 2.75) is 26.3 Å². The first-order valence-corrected chi connectivity index (χ1v) is 10.1. The standard InChI is InChI=1S/C22H23N7O2/c1-12-6-17(12)22(30)26-19-7-18-15(8-24-21(23-3)20(18)28-27-19)5-4-14-9-25-29(13(14)2)16-10-31-11-16/h7-9,12,16-17H,6,10-11H2,1-3H3,(H,23,24)(H,26,27,30)/t12-,17+/m1/s1/i3D3. The Morgan fingerprint density at radius 2 is 2.10 bits per heavy atom. The van der Waals surface area contributed by atoms with Crippen LogP contribution in [0.25, 0.3) is 10.9 Å². The molecule has 1 amide bonds. The van der Waals surface area contributed by atoms with E-state index >= 15 is 0 Å². The number of carbonyl (C=O) groups excluding carboxylic acids is 1. The lowest BCUT2D eigenvalue weighted by Crippen LogP contribution is -2.32. The quantitative estimate of drug-likeness (QED) is 0.623. The molecule has 4 heterocycles. The van der Waals surface area contributed by atoms with Crippen molar-refractivity contribution in [2.75, 3.05) is 30.8 Å². The average Bonchev–Trinajstić information content (AvgIpc) is 3.38. The molecule has 158 valence electrons. The molecule has 3 aromatic heterocycles. The van der Waals surface area contributed by atoms with Gasteiger partial charge in [-0.25, -0.2) is 4.98 Å². The number of aromatic nitrogens is 5. The SMILES string of the molecule is [2H]C([2H])([2H])Nc1ncc(C#Cc2cnn(C3COC3)c2C)c2cc(NC(=O)[C@H]3C[C@H]3C)nnc12. The third kappa shape index (κ3) is 3.59. The van der Waals surface area contributed by atoms with Crippen LogP contribution in [-0.4, -0.2) is 51.1 Å². The zero-order valence-corrected chi connectivity index (χ0v) is 17.1.